The van der Waals surface area contributed by atoms with Crippen LogP contribution in [0.15, 0.2) is 4.99 Å². The van der Waals surface area contributed by atoms with Crippen molar-refractivity contribution in [2.75, 3.05) is 20.7 Å². The molecule has 0 fully saturated rings. The van der Waals surface area contributed by atoms with Gasteiger partial charge >= 0.3 is 0 Å². The molecule has 4 heteroatoms. The summed E-state index contributed by atoms with van der Waals surface area (Å²) in [5, 5.41) is 0. The van der Waals surface area contributed by atoms with E-state index in [2.05, 4.69) is 4.99 Å². The van der Waals surface area contributed by atoms with E-state index in [4.69, 9.17) is 4.74 Å². The van der Waals surface area contributed by atoms with Gasteiger partial charge in [0.15, 0.2) is 0 Å². The third kappa shape index (κ3) is 3.37. The van der Waals surface area contributed by atoms with Crippen LogP contribution in [0.5, 0.6) is 0 Å². The van der Waals surface area contributed by atoms with E-state index in [-0.39, 0.29) is 5.91 Å². The number of amides is 1. The first-order valence-electron chi connectivity index (χ1n) is 3.97. The summed E-state index contributed by atoms with van der Waals surface area (Å²) in [5.74, 6) is -0.0771. The SMILES string of the molecule is CCCO/C(=N/C)N(C)C(C)=O. The number of rotatable bonds is 2. The lowest BCUT2D eigenvalue weighted by Crippen LogP contribution is -2.33. The van der Waals surface area contributed by atoms with Gasteiger partial charge in [0.2, 0.25) is 5.91 Å². The molecule has 0 bridgehead atoms. The quantitative estimate of drug-likeness (QED) is 0.458. The zero-order valence-corrected chi connectivity index (χ0v) is 8.13. The van der Waals surface area contributed by atoms with Crippen molar-refractivity contribution in [3.8, 4) is 0 Å². The number of carbonyl (C=O) groups is 1. The van der Waals surface area contributed by atoms with E-state index < -0.39 is 0 Å². The first-order valence-corrected chi connectivity index (χ1v) is 3.97. The van der Waals surface area contributed by atoms with Gasteiger partial charge in [-0.2, -0.15) is 0 Å². The molecule has 0 aromatic carbocycles. The van der Waals surface area contributed by atoms with Gasteiger partial charge < -0.3 is 4.74 Å². The highest BCUT2D eigenvalue weighted by molar-refractivity contribution is 5.92. The van der Waals surface area contributed by atoms with Gasteiger partial charge in [-0.1, -0.05) is 6.92 Å². The van der Waals surface area contributed by atoms with Gasteiger partial charge in [-0.05, 0) is 6.42 Å². The smallest absolute Gasteiger partial charge is 0.293 e. The Labute approximate surface area is 73.2 Å². The number of ether oxygens (including phenoxy) is 1. The normalized spacial score (nSPS) is 11.2. The molecule has 0 aliphatic carbocycles. The van der Waals surface area contributed by atoms with Gasteiger partial charge in [0.1, 0.15) is 0 Å². The van der Waals surface area contributed by atoms with E-state index in [1.165, 1.54) is 11.8 Å². The molecule has 0 aromatic heterocycles. The number of hydrogen-bond acceptors (Lipinski definition) is 3. The van der Waals surface area contributed by atoms with Gasteiger partial charge in [0.05, 0.1) is 6.61 Å². The average Bonchev–Trinajstić information content (AvgIpc) is 2.05. The van der Waals surface area contributed by atoms with Crippen LogP contribution >= 0.6 is 0 Å². The van der Waals surface area contributed by atoms with Crippen LogP contribution < -0.4 is 0 Å². The minimum Gasteiger partial charge on any atom is -0.465 e. The van der Waals surface area contributed by atoms with Gasteiger partial charge in [-0.25, -0.2) is 4.99 Å². The zero-order valence-electron chi connectivity index (χ0n) is 8.13. The summed E-state index contributed by atoms with van der Waals surface area (Å²) < 4.78 is 5.22. The van der Waals surface area contributed by atoms with Gasteiger partial charge in [-0.15, -0.1) is 0 Å². The summed E-state index contributed by atoms with van der Waals surface area (Å²) in [5.41, 5.74) is 0. The predicted octanol–water partition coefficient (Wildman–Crippen LogP) is 0.877. The minimum atomic E-state index is -0.0771. The van der Waals surface area contributed by atoms with Crippen molar-refractivity contribution in [3.63, 3.8) is 0 Å². The van der Waals surface area contributed by atoms with E-state index in [9.17, 15) is 4.79 Å². The number of aliphatic imine (C=N–C) groups is 1. The van der Waals surface area contributed by atoms with Gasteiger partial charge in [0, 0.05) is 21.0 Å². The van der Waals surface area contributed by atoms with Crippen molar-refractivity contribution in [1.29, 1.82) is 0 Å². The van der Waals surface area contributed by atoms with E-state index in [0.717, 1.165) is 6.42 Å². The maximum Gasteiger partial charge on any atom is 0.293 e. The Morgan fingerprint density at radius 2 is 2.17 bits per heavy atom. The fourth-order valence-electron chi connectivity index (χ4n) is 0.639. The molecule has 0 saturated carbocycles. The average molecular weight is 172 g/mol. The summed E-state index contributed by atoms with van der Waals surface area (Å²) in [4.78, 5) is 16.1. The van der Waals surface area contributed by atoms with Crippen LogP contribution in [0.2, 0.25) is 0 Å². The third-order valence-corrected chi connectivity index (χ3v) is 1.39. The van der Waals surface area contributed by atoms with Crippen molar-refractivity contribution in [2.24, 2.45) is 4.99 Å². The van der Waals surface area contributed by atoms with Crippen molar-refractivity contribution < 1.29 is 9.53 Å². The molecule has 1 amide bonds. The Balaban J connectivity index is 4.07. The van der Waals surface area contributed by atoms with E-state index in [0.29, 0.717) is 12.6 Å². The van der Waals surface area contributed by atoms with Crippen LogP contribution in [0, 0.1) is 0 Å². The monoisotopic (exact) mass is 172 g/mol. The Morgan fingerprint density at radius 3 is 2.50 bits per heavy atom. The minimum absolute atomic E-state index is 0.0771. The zero-order chi connectivity index (χ0) is 9.56. The maximum atomic E-state index is 10.9. The Kier molecular flexibility index (Phi) is 5.08. The molecule has 0 heterocycles. The molecule has 0 N–H and O–H groups in total. The molecule has 70 valence electrons. The summed E-state index contributed by atoms with van der Waals surface area (Å²) in [6, 6.07) is 0.379. The van der Waals surface area contributed by atoms with E-state index in [1.54, 1.807) is 14.1 Å². The molecule has 4 nitrogen and oxygen atoms in total. The summed E-state index contributed by atoms with van der Waals surface area (Å²) >= 11 is 0. The first-order chi connectivity index (χ1) is 5.63. The molecule has 0 spiro atoms. The standard InChI is InChI=1S/C8H16N2O2/c1-5-6-12-8(9-3)10(4)7(2)11/h5-6H2,1-4H3/b9-8+. The molecular weight excluding hydrogens is 156 g/mol. The molecule has 12 heavy (non-hydrogen) atoms. The molecule has 0 radical (unpaired) electrons. The summed E-state index contributed by atoms with van der Waals surface area (Å²) in [6.45, 7) is 4.06. The van der Waals surface area contributed by atoms with Crippen LogP contribution in [-0.2, 0) is 9.53 Å². The highest BCUT2D eigenvalue weighted by Crippen LogP contribution is 1.92. The topological polar surface area (TPSA) is 41.9 Å². The van der Waals surface area contributed by atoms with Crippen LogP contribution in [0.3, 0.4) is 0 Å². The van der Waals surface area contributed by atoms with Crippen LogP contribution in [0.25, 0.3) is 0 Å². The lowest BCUT2D eigenvalue weighted by atomic mass is 10.5. The molecule has 0 unspecified atom stereocenters. The second-order valence-electron chi connectivity index (χ2n) is 2.43. The van der Waals surface area contributed by atoms with E-state index in [1.807, 2.05) is 6.92 Å². The molecule has 0 aliphatic rings. The maximum absolute atomic E-state index is 10.9. The Morgan fingerprint density at radius 1 is 1.58 bits per heavy atom. The molecule has 0 aromatic rings. The second kappa shape index (κ2) is 5.57. The van der Waals surface area contributed by atoms with Crippen LogP contribution in [0.4, 0.5) is 0 Å². The predicted molar refractivity (Wildman–Crippen MR) is 48.0 cm³/mol. The highest BCUT2D eigenvalue weighted by atomic mass is 16.5. The van der Waals surface area contributed by atoms with Crippen molar-refractivity contribution in [3.05, 3.63) is 0 Å². The lowest BCUT2D eigenvalue weighted by molar-refractivity contribution is -0.124. The van der Waals surface area contributed by atoms with Crippen LogP contribution in [0.1, 0.15) is 20.3 Å². The fraction of sp³-hybridized carbons (Fsp3) is 0.750. The Bertz CT molecular complexity index is 178. The van der Waals surface area contributed by atoms with Crippen LogP contribution in [-0.4, -0.2) is 37.5 Å². The molecular formula is C8H16N2O2. The summed E-state index contributed by atoms with van der Waals surface area (Å²) in [7, 11) is 3.24. The number of amidine groups is 1. The van der Waals surface area contributed by atoms with E-state index >= 15 is 0 Å². The second-order valence-corrected chi connectivity index (χ2v) is 2.43. The number of carbonyl (C=O) groups excluding carboxylic acids is 1. The lowest BCUT2D eigenvalue weighted by Gasteiger charge is -2.16. The fourth-order valence-corrected chi connectivity index (χ4v) is 0.639. The van der Waals surface area contributed by atoms with Crippen molar-refractivity contribution >= 4 is 11.9 Å². The third-order valence-electron chi connectivity index (χ3n) is 1.39. The van der Waals surface area contributed by atoms with Crippen molar-refractivity contribution in [2.45, 2.75) is 20.3 Å². The van der Waals surface area contributed by atoms with Crippen molar-refractivity contribution in [1.82, 2.24) is 4.90 Å². The largest absolute Gasteiger partial charge is 0.465 e. The number of hydrogen-bond donors (Lipinski definition) is 0. The molecule has 0 aliphatic heterocycles. The number of nitrogens with zero attached hydrogens (tertiary/aromatic N) is 2. The molecule has 0 atom stereocenters. The molecule has 0 saturated heterocycles. The first kappa shape index (κ1) is 10.9. The molecule has 0 rings (SSSR count). The highest BCUT2D eigenvalue weighted by Gasteiger charge is 2.10. The summed E-state index contributed by atoms with van der Waals surface area (Å²) in [6.07, 6.45) is 0.908. The van der Waals surface area contributed by atoms with Gasteiger partial charge in [-0.3, -0.25) is 9.69 Å². The Hall–Kier alpha value is -1.06. The van der Waals surface area contributed by atoms with Gasteiger partial charge in [0.25, 0.3) is 6.02 Å².